The number of nitrogens with two attached hydrogens (primary N) is 1. The van der Waals surface area contributed by atoms with E-state index in [0.29, 0.717) is 48.9 Å². The highest BCUT2D eigenvalue weighted by Gasteiger charge is 2.47. The predicted molar refractivity (Wildman–Crippen MR) is 185 cm³/mol. The van der Waals surface area contributed by atoms with E-state index in [-0.39, 0.29) is 11.6 Å². The van der Waals surface area contributed by atoms with Crippen molar-refractivity contribution in [3.05, 3.63) is 101 Å². The first kappa shape index (κ1) is 35.4. The fraction of sp³-hybridized carbons (Fsp3) is 0.368. The van der Waals surface area contributed by atoms with Crippen LogP contribution in [-0.2, 0) is 15.5 Å². The highest BCUT2D eigenvalue weighted by Crippen LogP contribution is 2.35. The van der Waals surface area contributed by atoms with Gasteiger partial charge < -0.3 is 30.6 Å². The average Bonchev–Trinajstić information content (AvgIpc) is 3.62. The third-order valence-corrected chi connectivity index (χ3v) is 9.36. The summed E-state index contributed by atoms with van der Waals surface area (Å²) in [6.45, 7) is 0.813. The Balaban J connectivity index is 0.000000198. The van der Waals surface area contributed by atoms with Crippen molar-refractivity contribution in [2.24, 2.45) is 5.73 Å². The SMILES string of the molecule is CNC(C(=O)N1CCC(N)CC1)C(F)(F)c1ccc(-c2ccc(Cl)cc2)cc1.O=CC(O)c1ccc2cc(OC3CCCC3)ccc2c1. The minimum Gasteiger partial charge on any atom is -0.490 e. The summed E-state index contributed by atoms with van der Waals surface area (Å²) in [4.78, 5) is 24.8. The van der Waals surface area contributed by atoms with E-state index in [9.17, 15) is 14.7 Å². The molecule has 1 saturated heterocycles. The molecule has 10 heteroatoms. The summed E-state index contributed by atoms with van der Waals surface area (Å²) in [5.41, 5.74) is 7.94. The van der Waals surface area contributed by atoms with Gasteiger partial charge in [0.25, 0.3) is 5.92 Å². The Kier molecular flexibility index (Phi) is 11.8. The second-order valence-electron chi connectivity index (χ2n) is 12.5. The van der Waals surface area contributed by atoms with Crippen molar-refractivity contribution < 1.29 is 28.2 Å². The number of alkyl halides is 2. The number of carbonyl (C=O) groups excluding carboxylic acids is 2. The van der Waals surface area contributed by atoms with E-state index in [2.05, 4.69) is 5.32 Å². The first-order valence-electron chi connectivity index (χ1n) is 16.4. The number of halogens is 3. The van der Waals surface area contributed by atoms with Crippen LogP contribution in [0.1, 0.15) is 55.8 Å². The van der Waals surface area contributed by atoms with Crippen LogP contribution >= 0.6 is 11.6 Å². The third kappa shape index (κ3) is 8.57. The number of carbonyl (C=O) groups is 2. The van der Waals surface area contributed by atoms with E-state index in [1.54, 1.807) is 30.3 Å². The van der Waals surface area contributed by atoms with Crippen molar-refractivity contribution in [2.75, 3.05) is 20.1 Å². The van der Waals surface area contributed by atoms with Gasteiger partial charge in [-0.3, -0.25) is 4.79 Å². The number of piperidine rings is 1. The maximum Gasteiger partial charge on any atom is 0.297 e. The Morgan fingerprint density at radius 2 is 1.52 bits per heavy atom. The fourth-order valence-corrected chi connectivity index (χ4v) is 6.36. The van der Waals surface area contributed by atoms with Gasteiger partial charge in [0, 0.05) is 29.7 Å². The lowest BCUT2D eigenvalue weighted by Crippen LogP contribution is -2.55. The van der Waals surface area contributed by atoms with Crippen molar-refractivity contribution in [2.45, 2.75) is 68.7 Å². The molecule has 48 heavy (non-hydrogen) atoms. The van der Waals surface area contributed by atoms with Crippen molar-refractivity contribution in [1.82, 2.24) is 10.2 Å². The van der Waals surface area contributed by atoms with Gasteiger partial charge in [0.05, 0.1) is 6.10 Å². The van der Waals surface area contributed by atoms with Crippen LogP contribution in [0.4, 0.5) is 8.78 Å². The van der Waals surface area contributed by atoms with Crippen LogP contribution in [0.2, 0.25) is 5.02 Å². The zero-order chi connectivity index (χ0) is 34.3. The highest BCUT2D eigenvalue weighted by molar-refractivity contribution is 6.30. The van der Waals surface area contributed by atoms with Gasteiger partial charge in [-0.1, -0.05) is 66.2 Å². The van der Waals surface area contributed by atoms with Gasteiger partial charge in [-0.25, -0.2) is 0 Å². The topological polar surface area (TPSA) is 105 Å². The lowest BCUT2D eigenvalue weighted by Gasteiger charge is -2.35. The molecule has 6 rings (SSSR count). The summed E-state index contributed by atoms with van der Waals surface area (Å²) in [6, 6.07) is 23.0. The summed E-state index contributed by atoms with van der Waals surface area (Å²) in [5.74, 6) is -3.04. The molecule has 0 bridgehead atoms. The van der Waals surface area contributed by atoms with E-state index in [1.165, 1.54) is 36.9 Å². The zero-order valence-corrected chi connectivity index (χ0v) is 27.7. The van der Waals surface area contributed by atoms with E-state index < -0.39 is 24.0 Å². The molecule has 7 nitrogen and oxygen atoms in total. The van der Waals surface area contributed by atoms with Crippen LogP contribution in [0.3, 0.4) is 0 Å². The maximum atomic E-state index is 15.1. The summed E-state index contributed by atoms with van der Waals surface area (Å²) in [5, 5.41) is 14.7. The van der Waals surface area contributed by atoms with E-state index in [4.69, 9.17) is 22.1 Å². The summed E-state index contributed by atoms with van der Waals surface area (Å²) in [6.07, 6.45) is 5.89. The number of fused-ring (bicyclic) bond motifs is 1. The number of amides is 1. The molecule has 1 amide bonds. The monoisotopic (exact) mass is 677 g/mol. The number of rotatable bonds is 9. The Hall–Kier alpha value is -3.89. The number of nitrogens with one attached hydrogen (secondary N) is 1. The molecule has 1 aliphatic heterocycles. The fourth-order valence-electron chi connectivity index (χ4n) is 6.23. The number of aliphatic hydroxyl groups excluding tert-OH is 1. The number of hydrogen-bond acceptors (Lipinski definition) is 6. The van der Waals surface area contributed by atoms with Gasteiger partial charge in [0.2, 0.25) is 5.91 Å². The summed E-state index contributed by atoms with van der Waals surface area (Å²) in [7, 11) is 1.38. The van der Waals surface area contributed by atoms with Gasteiger partial charge in [-0.2, -0.15) is 8.78 Å². The summed E-state index contributed by atoms with van der Waals surface area (Å²) >= 11 is 5.89. The van der Waals surface area contributed by atoms with E-state index >= 15 is 8.78 Å². The van der Waals surface area contributed by atoms with Crippen LogP contribution in [0, 0.1) is 0 Å². The van der Waals surface area contributed by atoms with Crippen LogP contribution < -0.4 is 15.8 Å². The molecule has 0 spiro atoms. The number of ether oxygens (including phenoxy) is 1. The second kappa shape index (κ2) is 16.0. The van der Waals surface area contributed by atoms with Gasteiger partial charge >= 0.3 is 0 Å². The number of benzene rings is 4. The van der Waals surface area contributed by atoms with Gasteiger partial charge in [0.15, 0.2) is 12.3 Å². The maximum absolute atomic E-state index is 15.1. The first-order valence-corrected chi connectivity index (χ1v) is 16.8. The number of nitrogens with zero attached hydrogens (tertiary/aromatic N) is 1. The first-order chi connectivity index (χ1) is 23.1. The van der Waals surface area contributed by atoms with Crippen molar-refractivity contribution in [1.29, 1.82) is 0 Å². The number of likely N-dealkylation sites (tertiary alicyclic amines) is 1. The summed E-state index contributed by atoms with van der Waals surface area (Å²) < 4.78 is 36.3. The molecule has 4 aromatic carbocycles. The van der Waals surface area contributed by atoms with Crippen LogP contribution in [0.15, 0.2) is 84.9 Å². The van der Waals surface area contributed by atoms with Gasteiger partial charge in [0.1, 0.15) is 11.9 Å². The van der Waals surface area contributed by atoms with Crippen LogP contribution in [0.25, 0.3) is 21.9 Å². The van der Waals surface area contributed by atoms with Crippen molar-refractivity contribution >= 4 is 34.6 Å². The molecular formula is C38H42ClF2N3O4. The standard InChI is InChI=1S/C21H24ClF2N3O.C17H18O3/c1-26-19(20(28)27-12-10-18(25)11-13-27)21(23,24)16-6-2-14(3-7-16)15-4-8-17(22)9-5-15;18-11-17(19)14-6-5-13-10-16(8-7-12(13)9-14)20-15-3-1-2-4-15/h2-9,18-19,26H,10-13,25H2,1H3;5-11,15,17,19H,1-4H2. The molecule has 2 unspecified atom stereocenters. The Labute approximate surface area is 285 Å². The molecule has 1 saturated carbocycles. The molecule has 0 radical (unpaired) electrons. The third-order valence-electron chi connectivity index (χ3n) is 9.11. The molecule has 2 atom stereocenters. The average molecular weight is 678 g/mol. The number of aldehydes is 1. The quantitative estimate of drug-likeness (QED) is 0.164. The zero-order valence-electron chi connectivity index (χ0n) is 27.0. The Morgan fingerprint density at radius 3 is 2.12 bits per heavy atom. The highest BCUT2D eigenvalue weighted by atomic mass is 35.5. The lowest BCUT2D eigenvalue weighted by molar-refractivity contribution is -0.146. The normalized spacial score (nSPS) is 17.0. The van der Waals surface area contributed by atoms with E-state index in [1.807, 2.05) is 42.5 Å². The predicted octanol–water partition coefficient (Wildman–Crippen LogP) is 7.03. The molecule has 2 fully saturated rings. The smallest absolute Gasteiger partial charge is 0.297 e. The minimum absolute atomic E-state index is 0.0259. The van der Waals surface area contributed by atoms with Gasteiger partial charge in [-0.15, -0.1) is 0 Å². The molecule has 0 aromatic heterocycles. The molecular weight excluding hydrogens is 636 g/mol. The molecule has 1 aliphatic carbocycles. The van der Waals surface area contributed by atoms with Crippen molar-refractivity contribution in [3.63, 3.8) is 0 Å². The molecule has 4 aromatic rings. The molecule has 254 valence electrons. The molecule has 1 heterocycles. The number of aliphatic hydroxyl groups is 1. The number of hydrogen-bond donors (Lipinski definition) is 3. The van der Waals surface area contributed by atoms with Crippen LogP contribution in [-0.4, -0.2) is 60.5 Å². The number of likely N-dealkylation sites (N-methyl/N-ethyl adjacent to an activating group) is 1. The lowest BCUT2D eigenvalue weighted by atomic mass is 9.96. The van der Waals surface area contributed by atoms with Crippen molar-refractivity contribution in [3.8, 4) is 16.9 Å². The van der Waals surface area contributed by atoms with Crippen LogP contribution in [0.5, 0.6) is 5.75 Å². The Morgan fingerprint density at radius 1 is 0.938 bits per heavy atom. The molecule has 4 N–H and O–H groups in total. The van der Waals surface area contributed by atoms with E-state index in [0.717, 1.165) is 40.5 Å². The second-order valence-corrected chi connectivity index (χ2v) is 12.9. The van der Waals surface area contributed by atoms with Gasteiger partial charge in [-0.05, 0) is 103 Å². The Bertz CT molecular complexity index is 1670. The largest absolute Gasteiger partial charge is 0.490 e. The minimum atomic E-state index is -3.34. The molecule has 2 aliphatic rings.